The van der Waals surface area contributed by atoms with E-state index in [0.717, 1.165) is 6.26 Å². The van der Waals surface area contributed by atoms with E-state index in [1.54, 1.807) is 6.07 Å². The average molecular weight is 367 g/mol. The van der Waals surface area contributed by atoms with Gasteiger partial charge in [0.1, 0.15) is 0 Å². The van der Waals surface area contributed by atoms with E-state index in [9.17, 15) is 18.0 Å². The second-order valence-electron chi connectivity index (χ2n) is 5.84. The topological polar surface area (TPSA) is 148 Å². The van der Waals surface area contributed by atoms with Gasteiger partial charge in [-0.05, 0) is 31.0 Å². The van der Waals surface area contributed by atoms with Crippen LogP contribution in [0.2, 0.25) is 0 Å². The van der Waals surface area contributed by atoms with Gasteiger partial charge in [0.2, 0.25) is 6.41 Å². The second kappa shape index (κ2) is 7.51. The first-order valence-electron chi connectivity index (χ1n) is 7.65. The molecule has 10 heteroatoms. The molecule has 0 radical (unpaired) electrons. The number of sulfone groups is 1. The molecule has 1 saturated heterocycles. The van der Waals surface area contributed by atoms with Crippen LogP contribution in [0, 0.1) is 0 Å². The molecule has 0 aliphatic carbocycles. The first-order valence-corrected chi connectivity index (χ1v) is 9.54. The summed E-state index contributed by atoms with van der Waals surface area (Å²) in [5, 5.41) is 2.74. The number of piperidine rings is 1. The van der Waals surface area contributed by atoms with Crippen molar-refractivity contribution in [2.24, 2.45) is 16.5 Å². The Morgan fingerprint density at radius 3 is 2.48 bits per heavy atom. The molecule has 0 saturated carbocycles. The van der Waals surface area contributed by atoms with E-state index in [0.29, 0.717) is 38.0 Å². The number of benzene rings is 1. The van der Waals surface area contributed by atoms with Crippen LogP contribution in [0.4, 0.5) is 5.69 Å². The number of amides is 2. The Kier molecular flexibility index (Phi) is 5.62. The lowest BCUT2D eigenvalue weighted by molar-refractivity contribution is -0.110. The largest absolute Gasteiger partial charge is 0.370 e. The quantitative estimate of drug-likeness (QED) is 0.351. The van der Waals surface area contributed by atoms with Crippen LogP contribution >= 0.6 is 0 Å². The van der Waals surface area contributed by atoms with Crippen molar-refractivity contribution < 1.29 is 18.0 Å². The summed E-state index contributed by atoms with van der Waals surface area (Å²) in [6.07, 6.45) is 3.17. The normalized spacial score (nSPS) is 15.5. The molecular formula is C15H21N5O4S. The average Bonchev–Trinajstić information content (AvgIpc) is 2.54. The van der Waals surface area contributed by atoms with E-state index in [1.165, 1.54) is 12.1 Å². The number of hydrogen-bond acceptors (Lipinski definition) is 5. The number of anilines is 1. The zero-order chi connectivity index (χ0) is 18.6. The van der Waals surface area contributed by atoms with Crippen molar-refractivity contribution in [1.82, 2.24) is 5.32 Å². The van der Waals surface area contributed by atoms with Crippen LogP contribution in [0.25, 0.3) is 0 Å². The number of carbonyl (C=O) groups is 2. The molecule has 1 aromatic carbocycles. The number of nitrogens with one attached hydrogen (secondary N) is 1. The maximum Gasteiger partial charge on any atom is 0.280 e. The minimum atomic E-state index is -3.57. The van der Waals surface area contributed by atoms with E-state index < -0.39 is 15.7 Å². The number of guanidine groups is 1. The van der Waals surface area contributed by atoms with Gasteiger partial charge in [0, 0.05) is 31.0 Å². The van der Waals surface area contributed by atoms with E-state index in [4.69, 9.17) is 11.5 Å². The lowest BCUT2D eigenvalue weighted by Crippen LogP contribution is -2.42. The molecular weight excluding hydrogens is 346 g/mol. The summed E-state index contributed by atoms with van der Waals surface area (Å²) < 4.78 is 24.4. The number of nitrogens with zero attached hydrogens (tertiary/aromatic N) is 2. The molecule has 0 unspecified atom stereocenters. The van der Waals surface area contributed by atoms with Gasteiger partial charge >= 0.3 is 0 Å². The molecule has 0 atom stereocenters. The minimum Gasteiger partial charge on any atom is -0.370 e. The highest BCUT2D eigenvalue weighted by Gasteiger charge is 2.24. The molecule has 1 aliphatic heterocycles. The molecule has 1 heterocycles. The molecule has 2 amide bonds. The van der Waals surface area contributed by atoms with Gasteiger partial charge < -0.3 is 21.7 Å². The molecule has 2 rings (SSSR count). The lowest BCUT2D eigenvalue weighted by Gasteiger charge is -2.34. The molecule has 25 heavy (non-hydrogen) atoms. The molecule has 0 bridgehead atoms. The van der Waals surface area contributed by atoms with Crippen molar-refractivity contribution in [2.45, 2.75) is 23.8 Å². The zero-order valence-corrected chi connectivity index (χ0v) is 14.6. The van der Waals surface area contributed by atoms with E-state index >= 15 is 0 Å². The Morgan fingerprint density at radius 2 is 1.96 bits per heavy atom. The van der Waals surface area contributed by atoms with Gasteiger partial charge in [-0.1, -0.05) is 0 Å². The van der Waals surface area contributed by atoms with Crippen LogP contribution in [0.3, 0.4) is 0 Å². The van der Waals surface area contributed by atoms with Gasteiger partial charge in [0.05, 0.1) is 10.6 Å². The fraction of sp³-hybridized carbons (Fsp3) is 0.400. The van der Waals surface area contributed by atoms with Crippen molar-refractivity contribution in [3.63, 3.8) is 0 Å². The van der Waals surface area contributed by atoms with E-state index in [1.807, 2.05) is 4.90 Å². The highest BCUT2D eigenvalue weighted by atomic mass is 32.2. The fourth-order valence-corrected chi connectivity index (χ4v) is 3.69. The highest BCUT2D eigenvalue weighted by Crippen LogP contribution is 2.29. The molecule has 0 aromatic heterocycles. The SMILES string of the molecule is CS(=O)(=O)c1cc(C(=O)N=C(N)N)ccc1N1CCC(NC=O)CC1. The summed E-state index contributed by atoms with van der Waals surface area (Å²) in [6, 6.07) is 4.45. The van der Waals surface area contributed by atoms with Crippen LogP contribution in [0.1, 0.15) is 23.2 Å². The van der Waals surface area contributed by atoms with E-state index in [2.05, 4.69) is 10.3 Å². The van der Waals surface area contributed by atoms with Crippen molar-refractivity contribution in [1.29, 1.82) is 0 Å². The molecule has 1 fully saturated rings. The maximum absolute atomic E-state index is 12.2. The van der Waals surface area contributed by atoms with Gasteiger partial charge in [0.25, 0.3) is 5.91 Å². The monoisotopic (exact) mass is 367 g/mol. The van der Waals surface area contributed by atoms with Crippen molar-refractivity contribution >= 4 is 33.8 Å². The standard InChI is InChI=1S/C15H21N5O4S/c1-25(23,24)13-8-10(14(22)19-15(16)17)2-3-12(13)20-6-4-11(5-7-20)18-9-21/h2-3,8-9,11H,4-7H2,1H3,(H,18,21)(H4,16,17,19,22). The molecule has 0 spiro atoms. The molecule has 136 valence electrons. The number of hydrogen-bond donors (Lipinski definition) is 3. The molecule has 5 N–H and O–H groups in total. The lowest BCUT2D eigenvalue weighted by atomic mass is 10.0. The summed E-state index contributed by atoms with van der Waals surface area (Å²) >= 11 is 0. The molecule has 1 aliphatic rings. The predicted octanol–water partition coefficient (Wildman–Crippen LogP) is -0.781. The third-order valence-electron chi connectivity index (χ3n) is 3.98. The first kappa shape index (κ1) is 18.7. The number of nitrogens with two attached hydrogens (primary N) is 2. The first-order chi connectivity index (χ1) is 11.7. The molecule has 1 aromatic rings. The van der Waals surface area contributed by atoms with Gasteiger partial charge in [0.15, 0.2) is 15.8 Å². The van der Waals surface area contributed by atoms with Crippen LogP contribution < -0.4 is 21.7 Å². The van der Waals surface area contributed by atoms with Crippen LogP contribution in [-0.4, -0.2) is 52.1 Å². The van der Waals surface area contributed by atoms with Gasteiger partial charge in [-0.2, -0.15) is 4.99 Å². The third-order valence-corrected chi connectivity index (χ3v) is 5.10. The van der Waals surface area contributed by atoms with Crippen LogP contribution in [0.5, 0.6) is 0 Å². The van der Waals surface area contributed by atoms with Gasteiger partial charge in [-0.15, -0.1) is 0 Å². The highest BCUT2D eigenvalue weighted by molar-refractivity contribution is 7.90. The Balaban J connectivity index is 2.34. The van der Waals surface area contributed by atoms with Gasteiger partial charge in [-0.3, -0.25) is 9.59 Å². The summed E-state index contributed by atoms with van der Waals surface area (Å²) in [4.78, 5) is 27.9. The zero-order valence-electron chi connectivity index (χ0n) is 13.8. The Morgan fingerprint density at radius 1 is 1.32 bits per heavy atom. The summed E-state index contributed by atoms with van der Waals surface area (Å²) in [6.45, 7) is 1.18. The summed E-state index contributed by atoms with van der Waals surface area (Å²) in [5.74, 6) is -1.09. The fourth-order valence-electron chi connectivity index (χ4n) is 2.77. The van der Waals surface area contributed by atoms with Crippen LogP contribution in [0.15, 0.2) is 28.1 Å². The second-order valence-corrected chi connectivity index (χ2v) is 7.83. The van der Waals surface area contributed by atoms with Gasteiger partial charge in [-0.25, -0.2) is 8.42 Å². The Labute approximate surface area is 146 Å². The Hall–Kier alpha value is -2.62. The maximum atomic E-state index is 12.2. The third kappa shape index (κ3) is 4.69. The van der Waals surface area contributed by atoms with Crippen molar-refractivity contribution in [3.8, 4) is 0 Å². The van der Waals surface area contributed by atoms with E-state index in [-0.39, 0.29) is 22.5 Å². The smallest absolute Gasteiger partial charge is 0.280 e. The number of carbonyl (C=O) groups excluding carboxylic acids is 2. The number of rotatable bonds is 5. The Bertz CT molecular complexity index is 794. The summed E-state index contributed by atoms with van der Waals surface area (Å²) in [7, 11) is -3.57. The predicted molar refractivity (Wildman–Crippen MR) is 94.1 cm³/mol. The van der Waals surface area contributed by atoms with Crippen LogP contribution in [-0.2, 0) is 14.6 Å². The minimum absolute atomic E-state index is 0.0472. The van der Waals surface area contributed by atoms with Crippen molar-refractivity contribution in [3.05, 3.63) is 23.8 Å². The number of aliphatic imine (C=N–C) groups is 1. The molecule has 9 nitrogen and oxygen atoms in total. The van der Waals surface area contributed by atoms with Crippen molar-refractivity contribution in [2.75, 3.05) is 24.2 Å². The summed E-state index contributed by atoms with van der Waals surface area (Å²) in [5.41, 5.74) is 11.0.